The molecule has 0 aromatic rings. The lowest BCUT2D eigenvalue weighted by Gasteiger charge is -2.31. The summed E-state index contributed by atoms with van der Waals surface area (Å²) >= 11 is 6.77. The van der Waals surface area contributed by atoms with E-state index >= 15 is 0 Å². The molecule has 2 rings (SSSR count). The van der Waals surface area contributed by atoms with Crippen LogP contribution in [0.5, 0.6) is 0 Å². The van der Waals surface area contributed by atoms with Crippen LogP contribution in [0.1, 0.15) is 26.2 Å². The first-order valence-corrected chi connectivity index (χ1v) is 7.29. The first-order valence-electron chi connectivity index (χ1n) is 5.90. The number of thioether (sulfide) groups is 1. The minimum atomic E-state index is 0.0616. The van der Waals surface area contributed by atoms with Gasteiger partial charge in [0.1, 0.15) is 4.32 Å². The fourth-order valence-electron chi connectivity index (χ4n) is 2.02. The highest BCUT2D eigenvalue weighted by Gasteiger charge is 2.33. The number of amides is 2. The van der Waals surface area contributed by atoms with Crippen LogP contribution in [0, 0.1) is 0 Å². The third kappa shape index (κ3) is 2.63. The van der Waals surface area contributed by atoms with Crippen molar-refractivity contribution in [1.82, 2.24) is 9.80 Å². The second kappa shape index (κ2) is 5.35. The van der Waals surface area contributed by atoms with Crippen LogP contribution in [0.3, 0.4) is 0 Å². The van der Waals surface area contributed by atoms with Gasteiger partial charge in [0.15, 0.2) is 0 Å². The standard InChI is InChI=1S/C11H16N2O2S2/c1-2-8-7-17-11(16)13(8)10(15)4-6-12-5-3-9(12)14/h8H,2-7H2,1H3/t8-/m0/s1. The van der Waals surface area contributed by atoms with E-state index in [0.717, 1.165) is 18.7 Å². The number of rotatable bonds is 4. The van der Waals surface area contributed by atoms with Crippen molar-refractivity contribution < 1.29 is 9.59 Å². The first-order chi connectivity index (χ1) is 8.13. The van der Waals surface area contributed by atoms with Crippen LogP contribution in [-0.4, -0.2) is 50.8 Å². The van der Waals surface area contributed by atoms with Crippen LogP contribution in [0.2, 0.25) is 0 Å². The Morgan fingerprint density at radius 3 is 2.88 bits per heavy atom. The molecule has 0 aromatic carbocycles. The van der Waals surface area contributed by atoms with Gasteiger partial charge in [0.25, 0.3) is 0 Å². The van der Waals surface area contributed by atoms with E-state index in [1.165, 1.54) is 0 Å². The highest BCUT2D eigenvalue weighted by Crippen LogP contribution is 2.27. The highest BCUT2D eigenvalue weighted by atomic mass is 32.2. The van der Waals surface area contributed by atoms with Gasteiger partial charge in [-0.2, -0.15) is 0 Å². The van der Waals surface area contributed by atoms with Crippen molar-refractivity contribution in [2.45, 2.75) is 32.2 Å². The fraction of sp³-hybridized carbons (Fsp3) is 0.727. The molecular weight excluding hydrogens is 256 g/mol. The second-order valence-corrected chi connectivity index (χ2v) is 5.94. The van der Waals surface area contributed by atoms with Gasteiger partial charge in [-0.15, -0.1) is 0 Å². The first kappa shape index (κ1) is 12.8. The Morgan fingerprint density at radius 1 is 1.59 bits per heavy atom. The van der Waals surface area contributed by atoms with E-state index in [9.17, 15) is 9.59 Å². The Bertz CT molecular complexity index is 359. The SMILES string of the molecule is CC[C@H]1CSC(=S)N1C(=O)CCN1CCC1=O. The van der Waals surface area contributed by atoms with Crippen molar-refractivity contribution in [3.8, 4) is 0 Å². The molecule has 0 radical (unpaired) electrons. The van der Waals surface area contributed by atoms with Crippen molar-refractivity contribution in [2.75, 3.05) is 18.8 Å². The molecule has 0 bridgehead atoms. The second-order valence-electron chi connectivity index (χ2n) is 4.28. The average Bonchev–Trinajstić information content (AvgIpc) is 2.68. The molecule has 17 heavy (non-hydrogen) atoms. The van der Waals surface area contributed by atoms with Gasteiger partial charge < -0.3 is 4.90 Å². The number of carbonyl (C=O) groups excluding carboxylic acids is 2. The van der Waals surface area contributed by atoms with E-state index in [0.29, 0.717) is 23.7 Å². The molecule has 94 valence electrons. The number of hydrogen-bond donors (Lipinski definition) is 0. The van der Waals surface area contributed by atoms with Gasteiger partial charge in [-0.05, 0) is 6.42 Å². The highest BCUT2D eigenvalue weighted by molar-refractivity contribution is 8.23. The number of hydrogen-bond acceptors (Lipinski definition) is 4. The van der Waals surface area contributed by atoms with E-state index in [-0.39, 0.29) is 17.9 Å². The van der Waals surface area contributed by atoms with Gasteiger partial charge in [0.2, 0.25) is 11.8 Å². The molecule has 2 amide bonds. The van der Waals surface area contributed by atoms with Crippen molar-refractivity contribution >= 4 is 40.1 Å². The molecule has 0 unspecified atom stereocenters. The number of carbonyl (C=O) groups is 2. The van der Waals surface area contributed by atoms with Gasteiger partial charge in [-0.1, -0.05) is 30.9 Å². The monoisotopic (exact) mass is 272 g/mol. The zero-order valence-electron chi connectivity index (χ0n) is 9.85. The summed E-state index contributed by atoms with van der Waals surface area (Å²) in [4.78, 5) is 26.7. The van der Waals surface area contributed by atoms with Crippen LogP contribution < -0.4 is 0 Å². The number of β-lactam (4-membered cyclic amide) rings is 1. The quantitative estimate of drug-likeness (QED) is 0.570. The van der Waals surface area contributed by atoms with E-state index in [2.05, 4.69) is 6.92 Å². The Hall–Kier alpha value is -0.620. The van der Waals surface area contributed by atoms with Gasteiger partial charge in [0, 0.05) is 37.7 Å². The average molecular weight is 272 g/mol. The van der Waals surface area contributed by atoms with E-state index in [1.54, 1.807) is 21.6 Å². The van der Waals surface area contributed by atoms with Crippen molar-refractivity contribution in [2.24, 2.45) is 0 Å². The van der Waals surface area contributed by atoms with E-state index in [1.807, 2.05) is 0 Å². The Balaban J connectivity index is 1.85. The molecule has 0 N–H and O–H groups in total. The van der Waals surface area contributed by atoms with Crippen molar-refractivity contribution in [1.29, 1.82) is 0 Å². The van der Waals surface area contributed by atoms with E-state index < -0.39 is 0 Å². The lowest BCUT2D eigenvalue weighted by atomic mass is 10.1. The predicted molar refractivity (Wildman–Crippen MR) is 71.8 cm³/mol. The van der Waals surface area contributed by atoms with E-state index in [4.69, 9.17) is 12.2 Å². The van der Waals surface area contributed by atoms with Gasteiger partial charge in [0.05, 0.1) is 0 Å². The summed E-state index contributed by atoms with van der Waals surface area (Å²) in [5.74, 6) is 1.12. The third-order valence-corrected chi connectivity index (χ3v) is 4.79. The molecule has 0 aromatic heterocycles. The molecule has 0 saturated carbocycles. The summed E-state index contributed by atoms with van der Waals surface area (Å²) in [5, 5.41) is 0. The summed E-state index contributed by atoms with van der Waals surface area (Å²) in [6.45, 7) is 3.40. The van der Waals surface area contributed by atoms with Gasteiger partial charge in [-0.3, -0.25) is 14.5 Å². The molecule has 2 aliphatic heterocycles. The van der Waals surface area contributed by atoms with Crippen LogP contribution in [0.15, 0.2) is 0 Å². The van der Waals surface area contributed by atoms with Crippen LogP contribution >= 0.6 is 24.0 Å². The van der Waals surface area contributed by atoms with Crippen molar-refractivity contribution in [3.63, 3.8) is 0 Å². The maximum atomic E-state index is 12.1. The Morgan fingerprint density at radius 2 is 2.35 bits per heavy atom. The number of likely N-dealkylation sites (tertiary alicyclic amines) is 1. The number of thiocarbonyl (C=S) groups is 1. The Labute approximate surface area is 111 Å². The molecule has 2 heterocycles. The summed E-state index contributed by atoms with van der Waals surface area (Å²) in [6, 6.07) is 0.243. The molecule has 2 fully saturated rings. The molecule has 0 aliphatic carbocycles. The summed E-state index contributed by atoms with van der Waals surface area (Å²) in [5.41, 5.74) is 0. The maximum absolute atomic E-state index is 12.1. The maximum Gasteiger partial charge on any atom is 0.230 e. The van der Waals surface area contributed by atoms with Crippen LogP contribution in [-0.2, 0) is 9.59 Å². The third-order valence-electron chi connectivity index (χ3n) is 3.24. The smallest absolute Gasteiger partial charge is 0.230 e. The zero-order chi connectivity index (χ0) is 12.4. The predicted octanol–water partition coefficient (Wildman–Crippen LogP) is 1.25. The summed E-state index contributed by atoms with van der Waals surface area (Å²) in [7, 11) is 0. The fourth-order valence-corrected chi connectivity index (χ4v) is 3.58. The van der Waals surface area contributed by atoms with Gasteiger partial charge in [-0.25, -0.2) is 0 Å². The lowest BCUT2D eigenvalue weighted by Crippen LogP contribution is -2.46. The minimum absolute atomic E-state index is 0.0616. The minimum Gasteiger partial charge on any atom is -0.342 e. The largest absolute Gasteiger partial charge is 0.342 e. The summed E-state index contributed by atoms with van der Waals surface area (Å²) < 4.78 is 0.691. The molecule has 4 nitrogen and oxygen atoms in total. The molecule has 1 atom stereocenters. The Kier molecular flexibility index (Phi) is 4.04. The van der Waals surface area contributed by atoms with Crippen molar-refractivity contribution in [3.05, 3.63) is 0 Å². The van der Waals surface area contributed by atoms with Crippen LogP contribution in [0.25, 0.3) is 0 Å². The zero-order valence-corrected chi connectivity index (χ0v) is 11.5. The van der Waals surface area contributed by atoms with Gasteiger partial charge >= 0.3 is 0 Å². The normalized spacial score (nSPS) is 24.2. The lowest BCUT2D eigenvalue weighted by molar-refractivity contribution is -0.140. The molecular formula is C11H16N2O2S2. The summed E-state index contributed by atoms with van der Waals surface area (Å²) in [6.07, 6.45) is 1.95. The van der Waals surface area contributed by atoms with Crippen LogP contribution in [0.4, 0.5) is 0 Å². The molecule has 2 aliphatic rings. The molecule has 6 heteroatoms. The molecule has 0 spiro atoms. The topological polar surface area (TPSA) is 40.6 Å². The number of nitrogens with zero attached hydrogens (tertiary/aromatic N) is 2. The molecule has 2 saturated heterocycles.